The highest BCUT2D eigenvalue weighted by molar-refractivity contribution is 5.30. The molecule has 17 heavy (non-hydrogen) atoms. The summed E-state index contributed by atoms with van der Waals surface area (Å²) < 4.78 is 0. The Kier molecular flexibility index (Phi) is 4.57. The molecule has 1 atom stereocenters. The van der Waals surface area contributed by atoms with Crippen molar-refractivity contribution >= 4 is 0 Å². The fraction of sp³-hybridized carbons (Fsp3) is 0.600. The van der Waals surface area contributed by atoms with Crippen molar-refractivity contribution in [2.24, 2.45) is 11.7 Å². The average molecular weight is 232 g/mol. The molecule has 94 valence electrons. The summed E-state index contributed by atoms with van der Waals surface area (Å²) in [7, 11) is 0. The van der Waals surface area contributed by atoms with Crippen LogP contribution in [0.3, 0.4) is 0 Å². The van der Waals surface area contributed by atoms with Gasteiger partial charge >= 0.3 is 0 Å². The summed E-state index contributed by atoms with van der Waals surface area (Å²) in [4.78, 5) is 2.56. The van der Waals surface area contributed by atoms with E-state index >= 15 is 0 Å². The van der Waals surface area contributed by atoms with Crippen molar-refractivity contribution in [1.29, 1.82) is 0 Å². The highest BCUT2D eigenvalue weighted by atomic mass is 15.1. The van der Waals surface area contributed by atoms with Crippen molar-refractivity contribution in [2.75, 3.05) is 13.1 Å². The molecule has 1 aliphatic rings. The number of hydrogen-bond acceptors (Lipinski definition) is 2. The maximum Gasteiger partial charge on any atom is 0.0240 e. The SMILES string of the molecule is CC(CCN)CCCN1Cc2ccccc2C1. The number of rotatable bonds is 6. The monoisotopic (exact) mass is 232 g/mol. The van der Waals surface area contributed by atoms with E-state index in [9.17, 15) is 0 Å². The van der Waals surface area contributed by atoms with Gasteiger partial charge in [0.1, 0.15) is 0 Å². The third kappa shape index (κ3) is 3.55. The van der Waals surface area contributed by atoms with Gasteiger partial charge in [0.2, 0.25) is 0 Å². The first-order valence-electron chi connectivity index (χ1n) is 6.79. The number of nitrogens with zero attached hydrogens (tertiary/aromatic N) is 1. The Morgan fingerprint density at radius 1 is 1.18 bits per heavy atom. The van der Waals surface area contributed by atoms with Gasteiger partial charge in [-0.1, -0.05) is 31.2 Å². The molecule has 1 aliphatic heterocycles. The first-order chi connectivity index (χ1) is 8.29. The Bertz CT molecular complexity index is 324. The van der Waals surface area contributed by atoms with Crippen LogP contribution >= 0.6 is 0 Å². The number of nitrogens with two attached hydrogens (primary N) is 1. The standard InChI is InChI=1S/C15H24N2/c1-13(8-9-16)5-4-10-17-11-14-6-2-3-7-15(14)12-17/h2-3,6-7,13H,4-5,8-12,16H2,1H3. The van der Waals surface area contributed by atoms with Crippen molar-refractivity contribution in [3.63, 3.8) is 0 Å². The van der Waals surface area contributed by atoms with Crippen LogP contribution in [0.25, 0.3) is 0 Å². The lowest BCUT2D eigenvalue weighted by molar-refractivity contribution is 0.269. The van der Waals surface area contributed by atoms with Crippen LogP contribution in [0, 0.1) is 5.92 Å². The molecule has 2 heteroatoms. The van der Waals surface area contributed by atoms with Gasteiger partial charge in [-0.3, -0.25) is 4.90 Å². The van der Waals surface area contributed by atoms with Gasteiger partial charge in [0.05, 0.1) is 0 Å². The zero-order valence-corrected chi connectivity index (χ0v) is 10.9. The van der Waals surface area contributed by atoms with E-state index in [4.69, 9.17) is 5.73 Å². The van der Waals surface area contributed by atoms with Gasteiger partial charge in [0.15, 0.2) is 0 Å². The Balaban J connectivity index is 1.70. The third-order valence-electron chi connectivity index (χ3n) is 3.74. The van der Waals surface area contributed by atoms with Gasteiger partial charge in [0, 0.05) is 13.1 Å². The fourth-order valence-corrected chi connectivity index (χ4v) is 2.65. The summed E-state index contributed by atoms with van der Waals surface area (Å²) in [6.45, 7) is 6.65. The molecule has 0 aromatic heterocycles. The van der Waals surface area contributed by atoms with Crippen molar-refractivity contribution < 1.29 is 0 Å². The molecule has 0 radical (unpaired) electrons. The van der Waals surface area contributed by atoms with Crippen LogP contribution in [0.1, 0.15) is 37.3 Å². The third-order valence-corrected chi connectivity index (χ3v) is 3.74. The first-order valence-corrected chi connectivity index (χ1v) is 6.79. The smallest absolute Gasteiger partial charge is 0.0240 e. The molecule has 2 N–H and O–H groups in total. The summed E-state index contributed by atoms with van der Waals surface area (Å²) in [6, 6.07) is 8.80. The molecule has 0 saturated carbocycles. The lowest BCUT2D eigenvalue weighted by Gasteiger charge is -2.16. The fourth-order valence-electron chi connectivity index (χ4n) is 2.65. The molecule has 0 amide bonds. The van der Waals surface area contributed by atoms with E-state index < -0.39 is 0 Å². The Morgan fingerprint density at radius 2 is 1.82 bits per heavy atom. The van der Waals surface area contributed by atoms with E-state index in [1.54, 1.807) is 0 Å². The van der Waals surface area contributed by atoms with E-state index in [2.05, 4.69) is 36.1 Å². The minimum Gasteiger partial charge on any atom is -0.330 e. The van der Waals surface area contributed by atoms with Gasteiger partial charge < -0.3 is 5.73 Å². The Hall–Kier alpha value is -0.860. The first kappa shape index (κ1) is 12.6. The van der Waals surface area contributed by atoms with Crippen LogP contribution in [0.15, 0.2) is 24.3 Å². The van der Waals surface area contributed by atoms with E-state index in [-0.39, 0.29) is 0 Å². The molecule has 0 aliphatic carbocycles. The van der Waals surface area contributed by atoms with E-state index in [0.29, 0.717) is 0 Å². The van der Waals surface area contributed by atoms with Crippen LogP contribution in [0.5, 0.6) is 0 Å². The molecule has 1 aromatic rings. The zero-order valence-electron chi connectivity index (χ0n) is 10.9. The number of benzene rings is 1. The van der Waals surface area contributed by atoms with E-state index in [1.165, 1.54) is 36.9 Å². The van der Waals surface area contributed by atoms with E-state index in [1.807, 2.05) is 0 Å². The van der Waals surface area contributed by atoms with Crippen LogP contribution in [0.4, 0.5) is 0 Å². The van der Waals surface area contributed by atoms with Gasteiger partial charge in [-0.25, -0.2) is 0 Å². The molecule has 0 bridgehead atoms. The molecule has 1 unspecified atom stereocenters. The second-order valence-electron chi connectivity index (χ2n) is 5.30. The lowest BCUT2D eigenvalue weighted by Crippen LogP contribution is -2.18. The summed E-state index contributed by atoms with van der Waals surface area (Å²) in [5.41, 5.74) is 8.60. The predicted octanol–water partition coefficient (Wildman–Crippen LogP) is 2.77. The molecular formula is C15H24N2. The molecule has 0 saturated heterocycles. The van der Waals surface area contributed by atoms with Crippen molar-refractivity contribution in [2.45, 2.75) is 39.3 Å². The van der Waals surface area contributed by atoms with Gasteiger partial charge in [-0.05, 0) is 49.4 Å². The van der Waals surface area contributed by atoms with Crippen LogP contribution in [-0.2, 0) is 13.1 Å². The Morgan fingerprint density at radius 3 is 2.41 bits per heavy atom. The van der Waals surface area contributed by atoms with Crippen LogP contribution in [-0.4, -0.2) is 18.0 Å². The Labute approximate surface area is 105 Å². The topological polar surface area (TPSA) is 29.3 Å². The average Bonchev–Trinajstić information content (AvgIpc) is 2.71. The normalized spacial score (nSPS) is 17.1. The van der Waals surface area contributed by atoms with Gasteiger partial charge in [-0.15, -0.1) is 0 Å². The summed E-state index contributed by atoms with van der Waals surface area (Å²) >= 11 is 0. The molecule has 1 aromatic carbocycles. The lowest BCUT2D eigenvalue weighted by atomic mass is 10.0. The number of fused-ring (bicyclic) bond motifs is 1. The second-order valence-corrected chi connectivity index (χ2v) is 5.30. The van der Waals surface area contributed by atoms with E-state index in [0.717, 1.165) is 25.6 Å². The predicted molar refractivity (Wildman–Crippen MR) is 72.6 cm³/mol. The highest BCUT2D eigenvalue weighted by Crippen LogP contribution is 2.22. The van der Waals surface area contributed by atoms with Crippen molar-refractivity contribution in [3.05, 3.63) is 35.4 Å². The quantitative estimate of drug-likeness (QED) is 0.817. The molecule has 2 nitrogen and oxygen atoms in total. The van der Waals surface area contributed by atoms with Gasteiger partial charge in [-0.2, -0.15) is 0 Å². The largest absolute Gasteiger partial charge is 0.330 e. The molecule has 1 heterocycles. The number of hydrogen-bond donors (Lipinski definition) is 1. The maximum atomic E-state index is 5.57. The van der Waals surface area contributed by atoms with Crippen molar-refractivity contribution in [1.82, 2.24) is 4.90 Å². The van der Waals surface area contributed by atoms with Gasteiger partial charge in [0.25, 0.3) is 0 Å². The zero-order chi connectivity index (χ0) is 12.1. The summed E-state index contributed by atoms with van der Waals surface area (Å²) in [5.74, 6) is 0.782. The summed E-state index contributed by atoms with van der Waals surface area (Å²) in [6.07, 6.45) is 3.78. The van der Waals surface area contributed by atoms with Crippen molar-refractivity contribution in [3.8, 4) is 0 Å². The summed E-state index contributed by atoms with van der Waals surface area (Å²) in [5, 5.41) is 0. The van der Waals surface area contributed by atoms with Crippen LogP contribution in [0.2, 0.25) is 0 Å². The maximum absolute atomic E-state index is 5.57. The van der Waals surface area contributed by atoms with Crippen LogP contribution < -0.4 is 5.73 Å². The minimum absolute atomic E-state index is 0.782. The molecular weight excluding hydrogens is 208 g/mol. The molecule has 2 rings (SSSR count). The molecule has 0 fully saturated rings. The molecule has 0 spiro atoms. The highest BCUT2D eigenvalue weighted by Gasteiger charge is 2.17. The second kappa shape index (κ2) is 6.18. The minimum atomic E-state index is 0.782.